The van der Waals surface area contributed by atoms with Crippen LogP contribution in [0, 0.1) is 0 Å². The zero-order valence-electron chi connectivity index (χ0n) is 13.2. The molecule has 0 aliphatic rings. The van der Waals surface area contributed by atoms with Crippen LogP contribution in [-0.2, 0) is 0 Å². The van der Waals surface area contributed by atoms with Gasteiger partial charge in [0.15, 0.2) is 5.11 Å². The van der Waals surface area contributed by atoms with Crippen molar-refractivity contribution in [2.45, 2.75) is 0 Å². The van der Waals surface area contributed by atoms with Crippen LogP contribution in [0.5, 0.6) is 0 Å². The Morgan fingerprint density at radius 1 is 0.625 bits per heavy atom. The van der Waals surface area contributed by atoms with Gasteiger partial charge in [0, 0.05) is 11.4 Å². The van der Waals surface area contributed by atoms with E-state index in [1.807, 2.05) is 77.7 Å². The van der Waals surface area contributed by atoms with Gasteiger partial charge in [-0.15, -0.1) is 0 Å². The van der Waals surface area contributed by atoms with Gasteiger partial charge >= 0.3 is 0 Å². The van der Waals surface area contributed by atoms with E-state index in [4.69, 9.17) is 29.4 Å². The molecule has 0 saturated carbocycles. The van der Waals surface area contributed by atoms with Crippen molar-refractivity contribution < 1.29 is 0 Å². The van der Waals surface area contributed by atoms with Crippen molar-refractivity contribution in [2.75, 3.05) is 16.4 Å². The van der Waals surface area contributed by atoms with Gasteiger partial charge in [0.1, 0.15) is 0 Å². The summed E-state index contributed by atoms with van der Waals surface area (Å²) in [5, 5.41) is 0.345. The number of rotatable bonds is 2. The third-order valence-electron chi connectivity index (χ3n) is 3.25. The molecule has 4 nitrogen and oxygen atoms in total. The van der Waals surface area contributed by atoms with Gasteiger partial charge in [0.05, 0.1) is 11.4 Å². The van der Waals surface area contributed by atoms with Crippen LogP contribution >= 0.6 is 12.2 Å². The van der Waals surface area contributed by atoms with Crippen LogP contribution < -0.4 is 22.1 Å². The minimum Gasteiger partial charge on any atom is -0.397 e. The first kappa shape index (κ1) is 17.3. The molecule has 0 heterocycles. The third-order valence-corrected chi connectivity index (χ3v) is 3.43. The number of hydrogen-bond acceptors (Lipinski definition) is 3. The number of para-hydroxylation sites is 4. The summed E-state index contributed by atoms with van der Waals surface area (Å²) in [4.78, 5) is 1.84. The Morgan fingerprint density at radius 3 is 1.25 bits per heavy atom. The molecule has 5 heteroatoms. The van der Waals surface area contributed by atoms with Gasteiger partial charge in [-0.3, -0.25) is 4.90 Å². The molecular formula is C19H20N4S. The number of nitrogens with two attached hydrogens (primary N) is 3. The molecule has 3 aromatic rings. The molecule has 0 spiro atoms. The van der Waals surface area contributed by atoms with E-state index in [2.05, 4.69) is 0 Å². The number of benzene rings is 3. The molecule has 0 radical (unpaired) electrons. The Kier molecular flexibility index (Phi) is 6.16. The molecule has 6 N–H and O–H groups in total. The standard InChI is InChI=1S/C13H12N2S.C6H8N2/c14-13(16)15(11-7-3-1-4-8-11)12-9-5-2-6-10-12;7-5-3-1-2-4-6(5)8/h1-10H,(H2,14,16);1-4H,7-8H2. The van der Waals surface area contributed by atoms with Gasteiger partial charge in [-0.05, 0) is 48.6 Å². The second-order valence-corrected chi connectivity index (χ2v) is 5.39. The highest BCUT2D eigenvalue weighted by molar-refractivity contribution is 7.80. The normalized spacial score (nSPS) is 9.50. The van der Waals surface area contributed by atoms with Crippen molar-refractivity contribution in [3.8, 4) is 0 Å². The lowest BCUT2D eigenvalue weighted by Gasteiger charge is -2.22. The fourth-order valence-corrected chi connectivity index (χ4v) is 2.28. The van der Waals surface area contributed by atoms with Crippen molar-refractivity contribution >= 4 is 40.1 Å². The van der Waals surface area contributed by atoms with Crippen molar-refractivity contribution in [2.24, 2.45) is 5.73 Å². The van der Waals surface area contributed by atoms with Crippen molar-refractivity contribution in [1.82, 2.24) is 0 Å². The second-order valence-electron chi connectivity index (χ2n) is 4.97. The Bertz CT molecular complexity index is 715. The largest absolute Gasteiger partial charge is 0.397 e. The number of anilines is 4. The van der Waals surface area contributed by atoms with E-state index in [1.54, 1.807) is 12.1 Å². The summed E-state index contributed by atoms with van der Waals surface area (Å²) in [7, 11) is 0. The van der Waals surface area contributed by atoms with Crippen LogP contribution in [0.4, 0.5) is 22.7 Å². The monoisotopic (exact) mass is 336 g/mol. The highest BCUT2D eigenvalue weighted by atomic mass is 32.1. The molecule has 0 amide bonds. The Hall–Kier alpha value is -3.05. The average molecular weight is 336 g/mol. The van der Waals surface area contributed by atoms with Gasteiger partial charge < -0.3 is 17.2 Å². The zero-order valence-corrected chi connectivity index (χ0v) is 14.0. The first-order chi connectivity index (χ1) is 11.6. The summed E-state index contributed by atoms with van der Waals surface area (Å²) in [6.45, 7) is 0. The van der Waals surface area contributed by atoms with E-state index in [0.717, 1.165) is 11.4 Å². The Balaban J connectivity index is 0.000000219. The van der Waals surface area contributed by atoms with Crippen molar-refractivity contribution in [1.29, 1.82) is 0 Å². The van der Waals surface area contributed by atoms with Gasteiger partial charge in [-0.25, -0.2) is 0 Å². The summed E-state index contributed by atoms with van der Waals surface area (Å²) in [6, 6.07) is 26.9. The summed E-state index contributed by atoms with van der Waals surface area (Å²) in [5.74, 6) is 0. The van der Waals surface area contributed by atoms with E-state index in [1.165, 1.54) is 0 Å². The number of thiocarbonyl (C=S) groups is 1. The average Bonchev–Trinajstić information content (AvgIpc) is 2.60. The lowest BCUT2D eigenvalue weighted by molar-refractivity contribution is 1.34. The van der Waals surface area contributed by atoms with E-state index >= 15 is 0 Å². The molecule has 0 bridgehead atoms. The summed E-state index contributed by atoms with van der Waals surface area (Å²) in [6.07, 6.45) is 0. The maximum atomic E-state index is 5.76. The molecular weight excluding hydrogens is 316 g/mol. The summed E-state index contributed by atoms with van der Waals surface area (Å²) in [5.41, 5.74) is 19.8. The van der Waals surface area contributed by atoms with Gasteiger partial charge in [-0.1, -0.05) is 48.5 Å². The SMILES string of the molecule is NC(=S)N(c1ccccc1)c1ccccc1.Nc1ccccc1N. The molecule has 3 rings (SSSR count). The fraction of sp³-hybridized carbons (Fsp3) is 0. The van der Waals surface area contributed by atoms with Gasteiger partial charge in [-0.2, -0.15) is 0 Å². The molecule has 3 aromatic carbocycles. The molecule has 0 atom stereocenters. The summed E-state index contributed by atoms with van der Waals surface area (Å²) < 4.78 is 0. The van der Waals surface area contributed by atoms with Gasteiger partial charge in [0.25, 0.3) is 0 Å². The number of nitrogen functional groups attached to an aromatic ring is 2. The molecule has 122 valence electrons. The van der Waals surface area contributed by atoms with E-state index in [-0.39, 0.29) is 0 Å². The minimum atomic E-state index is 0.345. The summed E-state index contributed by atoms with van der Waals surface area (Å²) >= 11 is 5.08. The van der Waals surface area contributed by atoms with Crippen LogP contribution in [0.1, 0.15) is 0 Å². The lowest BCUT2D eigenvalue weighted by atomic mass is 10.2. The predicted molar refractivity (Wildman–Crippen MR) is 107 cm³/mol. The van der Waals surface area contributed by atoms with E-state index in [9.17, 15) is 0 Å². The third kappa shape index (κ3) is 4.72. The van der Waals surface area contributed by atoms with E-state index in [0.29, 0.717) is 16.5 Å². The second kappa shape index (κ2) is 8.55. The van der Waals surface area contributed by atoms with Crippen molar-refractivity contribution in [3.05, 3.63) is 84.9 Å². The molecule has 0 unspecified atom stereocenters. The molecule has 0 aliphatic heterocycles. The van der Waals surface area contributed by atoms with Crippen LogP contribution in [0.3, 0.4) is 0 Å². The predicted octanol–water partition coefficient (Wildman–Crippen LogP) is 3.92. The Morgan fingerprint density at radius 2 is 0.958 bits per heavy atom. The maximum absolute atomic E-state index is 5.76. The molecule has 0 fully saturated rings. The first-order valence-corrected chi connectivity index (χ1v) is 7.80. The minimum absolute atomic E-state index is 0.345. The quantitative estimate of drug-likeness (QED) is 0.488. The Labute approximate surface area is 147 Å². The van der Waals surface area contributed by atoms with Crippen LogP contribution in [0.15, 0.2) is 84.9 Å². The van der Waals surface area contributed by atoms with Crippen molar-refractivity contribution in [3.63, 3.8) is 0 Å². The topological polar surface area (TPSA) is 81.3 Å². The molecule has 0 saturated heterocycles. The zero-order chi connectivity index (χ0) is 17.4. The molecule has 0 aliphatic carbocycles. The first-order valence-electron chi connectivity index (χ1n) is 7.39. The molecule has 24 heavy (non-hydrogen) atoms. The van der Waals surface area contributed by atoms with Gasteiger partial charge in [0.2, 0.25) is 0 Å². The van der Waals surface area contributed by atoms with Crippen LogP contribution in [0.25, 0.3) is 0 Å². The fourth-order valence-electron chi connectivity index (χ4n) is 2.07. The smallest absolute Gasteiger partial charge is 0.175 e. The highest BCUT2D eigenvalue weighted by Crippen LogP contribution is 2.24. The highest BCUT2D eigenvalue weighted by Gasteiger charge is 2.10. The van der Waals surface area contributed by atoms with Crippen LogP contribution in [-0.4, -0.2) is 5.11 Å². The lowest BCUT2D eigenvalue weighted by Crippen LogP contribution is -2.30. The van der Waals surface area contributed by atoms with E-state index < -0.39 is 0 Å². The number of hydrogen-bond donors (Lipinski definition) is 3. The maximum Gasteiger partial charge on any atom is 0.175 e. The van der Waals surface area contributed by atoms with Crippen LogP contribution in [0.2, 0.25) is 0 Å². The molecule has 0 aromatic heterocycles. The number of nitrogens with zero attached hydrogens (tertiary/aromatic N) is 1.